The molecule has 4 aliphatic rings. The molecule has 4 heterocycles. The molecule has 1 unspecified atom stereocenters. The van der Waals surface area contributed by atoms with Crippen molar-refractivity contribution in [1.29, 1.82) is 0 Å². The second-order valence-corrected chi connectivity index (χ2v) is 24.3. The Morgan fingerprint density at radius 3 is 1.30 bits per heavy atom. The Bertz CT molecular complexity index is 1830. The van der Waals surface area contributed by atoms with Crippen LogP contribution in [0.5, 0.6) is 0 Å². The third-order valence-electron chi connectivity index (χ3n) is 17.1. The average Bonchev–Trinajstić information content (AvgIpc) is 3.37. The lowest BCUT2D eigenvalue weighted by molar-refractivity contribution is -0.380. The van der Waals surface area contributed by atoms with E-state index >= 15 is 0 Å². The van der Waals surface area contributed by atoms with Gasteiger partial charge in [0.05, 0.1) is 45.2 Å². The molecule has 0 aromatic carbocycles. The molecule has 0 spiro atoms. The number of hydrogen-bond acceptors (Lipinski definition) is 23. The first-order chi connectivity index (χ1) is 42.0. The number of nitrogens with one attached hydrogen (secondary N) is 2. The van der Waals surface area contributed by atoms with Gasteiger partial charge in [0.15, 0.2) is 25.2 Å². The summed E-state index contributed by atoms with van der Waals surface area (Å²) in [4.78, 5) is 26.0. The van der Waals surface area contributed by atoms with Crippen LogP contribution < -0.4 is 10.6 Å². The zero-order valence-corrected chi connectivity index (χ0v) is 52.1. The molecule has 22 atom stereocenters. The lowest BCUT2D eigenvalue weighted by Gasteiger charge is -2.50. The van der Waals surface area contributed by atoms with Gasteiger partial charge in [0.1, 0.15) is 97.6 Å². The normalized spacial score (nSPS) is 33.8. The van der Waals surface area contributed by atoms with Gasteiger partial charge in [-0.3, -0.25) is 9.59 Å². The van der Waals surface area contributed by atoms with Crippen LogP contribution in [0.3, 0.4) is 0 Å². The Hall–Kier alpha value is -2.16. The summed E-state index contributed by atoms with van der Waals surface area (Å²) < 4.78 is 46.7. The Balaban J connectivity index is 1.36. The summed E-state index contributed by atoms with van der Waals surface area (Å²) in [5.74, 6) is -1.06. The van der Waals surface area contributed by atoms with Gasteiger partial charge in [-0.1, -0.05) is 180 Å². The molecule has 2 amide bonds. The van der Waals surface area contributed by atoms with E-state index in [0.29, 0.717) is 12.8 Å². The number of ether oxygens (including phenoxy) is 8. The highest BCUT2D eigenvalue weighted by Gasteiger charge is 2.56. The first-order valence-corrected chi connectivity index (χ1v) is 32.9. The highest BCUT2D eigenvalue weighted by atomic mass is 16.8. The van der Waals surface area contributed by atoms with Gasteiger partial charge in [0.25, 0.3) is 0 Å². The lowest BCUT2D eigenvalue weighted by atomic mass is 9.94. The highest BCUT2D eigenvalue weighted by Crippen LogP contribution is 2.35. The van der Waals surface area contributed by atoms with E-state index in [1.165, 1.54) is 116 Å². The minimum Gasteiger partial charge on any atom is -0.394 e. The average molecular weight is 1260 g/mol. The molecule has 4 fully saturated rings. The third-order valence-corrected chi connectivity index (χ3v) is 17.1. The minimum absolute atomic E-state index is 0.217. The Labute approximate surface area is 515 Å². The Morgan fingerprint density at radius 1 is 0.448 bits per heavy atom. The molecule has 0 bridgehead atoms. The molecule has 4 saturated heterocycles. The second kappa shape index (κ2) is 43.6. The number of aliphatic hydroxyl groups is 13. The van der Waals surface area contributed by atoms with Crippen molar-refractivity contribution < 1.29 is 114 Å². The minimum atomic E-state index is -2.10. The fourth-order valence-electron chi connectivity index (χ4n) is 11.7. The summed E-state index contributed by atoms with van der Waals surface area (Å²) in [7, 11) is 0. The Morgan fingerprint density at radius 2 is 0.828 bits per heavy atom. The molecule has 25 nitrogen and oxygen atoms in total. The predicted molar refractivity (Wildman–Crippen MR) is 317 cm³/mol. The SMILES string of the molecule is CCCCCCCCCCCCC/C=C/[C@@H](O)C(CO[C@@H]1O[C@H](CO)[C@@H](O[C@@H]2O[C@H](CO)[C@H](O[C@@H]3O[C@H](CO)[C@H](O)[C@H](O[C@@H]4O[C@H](CO)[C@H](O)[C@H](O)[C@H]4O)[C@H]3NC(C)=O)[C@H](O)[C@H]2O)[C@H](O)[C@H]1O)NC(=O)CCCCCCCCCCCCCCCCC. The van der Waals surface area contributed by atoms with E-state index in [2.05, 4.69) is 24.5 Å². The number of amides is 2. The van der Waals surface area contributed by atoms with Crippen molar-refractivity contribution in [2.24, 2.45) is 0 Å². The van der Waals surface area contributed by atoms with Gasteiger partial charge in [-0.2, -0.15) is 0 Å². The molecule has 0 saturated carbocycles. The van der Waals surface area contributed by atoms with Crippen LogP contribution in [0.1, 0.15) is 201 Å². The van der Waals surface area contributed by atoms with Gasteiger partial charge in [0, 0.05) is 13.3 Å². The van der Waals surface area contributed by atoms with Crippen LogP contribution >= 0.6 is 0 Å². The monoisotopic (exact) mass is 1250 g/mol. The summed E-state index contributed by atoms with van der Waals surface area (Å²) >= 11 is 0. The van der Waals surface area contributed by atoms with E-state index < -0.39 is 174 Å². The molecular weight excluding hydrogens is 1140 g/mol. The largest absolute Gasteiger partial charge is 0.394 e. The maximum Gasteiger partial charge on any atom is 0.220 e. The number of unbranched alkanes of at least 4 members (excludes halogenated alkanes) is 25. The van der Waals surface area contributed by atoms with Crippen molar-refractivity contribution >= 4 is 11.8 Å². The number of aliphatic hydroxyl groups excluding tert-OH is 13. The predicted octanol–water partition coefficient (Wildman–Crippen LogP) is 1.78. The Kier molecular flexibility index (Phi) is 38.8. The zero-order chi connectivity index (χ0) is 63.7. The maximum absolute atomic E-state index is 13.4. The van der Waals surface area contributed by atoms with E-state index in [9.17, 15) is 76.0 Å². The van der Waals surface area contributed by atoms with Crippen LogP contribution in [0.25, 0.3) is 0 Å². The van der Waals surface area contributed by atoms with Gasteiger partial charge >= 0.3 is 0 Å². The van der Waals surface area contributed by atoms with E-state index in [1.54, 1.807) is 6.08 Å². The number of hydrogen-bond donors (Lipinski definition) is 15. The van der Waals surface area contributed by atoms with Crippen LogP contribution in [-0.2, 0) is 47.5 Å². The van der Waals surface area contributed by atoms with Crippen LogP contribution in [0.15, 0.2) is 12.2 Å². The molecule has 510 valence electrons. The van der Waals surface area contributed by atoms with Gasteiger partial charge < -0.3 is 115 Å². The fraction of sp³-hybridized carbons (Fsp3) is 0.935. The molecular formula is C62H114N2O23. The molecule has 0 radical (unpaired) electrons. The van der Waals surface area contributed by atoms with Gasteiger partial charge in [0.2, 0.25) is 11.8 Å². The van der Waals surface area contributed by atoms with Crippen LogP contribution in [-0.4, -0.2) is 246 Å². The van der Waals surface area contributed by atoms with Gasteiger partial charge in [-0.25, -0.2) is 0 Å². The highest BCUT2D eigenvalue weighted by molar-refractivity contribution is 5.76. The molecule has 4 rings (SSSR count). The van der Waals surface area contributed by atoms with Crippen molar-refractivity contribution in [2.75, 3.05) is 33.0 Å². The van der Waals surface area contributed by atoms with E-state index in [1.807, 2.05) is 6.08 Å². The molecule has 4 aliphatic heterocycles. The number of carbonyl (C=O) groups excluding carboxylic acids is 2. The first-order valence-electron chi connectivity index (χ1n) is 32.9. The standard InChI is InChI=1S/C62H114N2O23/c1-4-6-8-10-12-14-16-18-19-21-23-25-27-29-31-33-46(71)64-40(41(70)32-30-28-26-24-22-20-17-15-13-11-9-7-5-2)38-80-60-54(78)51(75)57(44(36-67)83-60)86-62-55(79)52(76)56(45(37-68)84-62)85-59-47(63-39(3)69)58(49(73)43(35-66)81-59)87-61-53(77)50(74)48(72)42(34-65)82-61/h30,32,40-45,47-62,65-68,70,72-79H,4-29,31,33-38H2,1-3H3,(H,63,69)(H,64,71)/b32-30+/t40?,41-,42-,43-,44-,45-,47-,48+,49+,50+,51-,52-,53-,54-,55-,56+,57-,58-,59+,60-,61+,62+/m1/s1. The van der Waals surface area contributed by atoms with Gasteiger partial charge in [-0.15, -0.1) is 0 Å². The summed E-state index contributed by atoms with van der Waals surface area (Å²) in [6.45, 7) is 1.59. The molecule has 0 aliphatic carbocycles. The van der Waals surface area contributed by atoms with Crippen LogP contribution in [0.4, 0.5) is 0 Å². The third kappa shape index (κ3) is 26.0. The second-order valence-electron chi connectivity index (χ2n) is 24.3. The van der Waals surface area contributed by atoms with Crippen molar-refractivity contribution in [1.82, 2.24) is 10.6 Å². The van der Waals surface area contributed by atoms with Crippen molar-refractivity contribution in [3.63, 3.8) is 0 Å². The summed E-state index contributed by atoms with van der Waals surface area (Å²) in [6.07, 6.45) is 0.0598. The van der Waals surface area contributed by atoms with Crippen LogP contribution in [0.2, 0.25) is 0 Å². The zero-order valence-electron chi connectivity index (χ0n) is 52.1. The molecule has 87 heavy (non-hydrogen) atoms. The molecule has 15 N–H and O–H groups in total. The summed E-state index contributed by atoms with van der Waals surface area (Å²) in [5, 5.41) is 147. The number of allylic oxidation sites excluding steroid dienone is 1. The lowest BCUT2D eigenvalue weighted by Crippen LogP contribution is -2.70. The van der Waals surface area contributed by atoms with E-state index in [4.69, 9.17) is 37.9 Å². The molecule has 0 aromatic heterocycles. The summed E-state index contributed by atoms with van der Waals surface area (Å²) in [5.41, 5.74) is 0. The fourth-order valence-corrected chi connectivity index (χ4v) is 11.7. The number of rotatable bonds is 45. The van der Waals surface area contributed by atoms with Crippen molar-refractivity contribution in [3.05, 3.63) is 12.2 Å². The van der Waals surface area contributed by atoms with Crippen LogP contribution in [0, 0.1) is 0 Å². The van der Waals surface area contributed by atoms with Crippen molar-refractivity contribution in [2.45, 2.75) is 335 Å². The topological polar surface area (TPSA) is 395 Å². The van der Waals surface area contributed by atoms with Gasteiger partial charge in [-0.05, 0) is 19.3 Å². The number of carbonyl (C=O) groups is 2. The van der Waals surface area contributed by atoms with E-state index in [0.717, 1.165) is 51.9 Å². The smallest absolute Gasteiger partial charge is 0.220 e. The maximum atomic E-state index is 13.4. The van der Waals surface area contributed by atoms with E-state index in [-0.39, 0.29) is 12.3 Å². The summed E-state index contributed by atoms with van der Waals surface area (Å²) in [6, 6.07) is -2.62. The molecule has 25 heteroatoms. The van der Waals surface area contributed by atoms with Crippen molar-refractivity contribution in [3.8, 4) is 0 Å². The molecule has 0 aromatic rings. The first kappa shape index (κ1) is 77.3. The quantitative estimate of drug-likeness (QED) is 0.0305.